The van der Waals surface area contributed by atoms with E-state index in [1.54, 1.807) is 0 Å². The summed E-state index contributed by atoms with van der Waals surface area (Å²) in [6.07, 6.45) is 0.357. The fourth-order valence-corrected chi connectivity index (χ4v) is 4.68. The molecule has 1 N–H and O–H groups in total. The number of aliphatic hydroxyl groups is 1. The summed E-state index contributed by atoms with van der Waals surface area (Å²) in [6.45, 7) is 1.53. The van der Waals surface area contributed by atoms with Crippen LogP contribution < -0.4 is 0 Å². The first-order valence-corrected chi connectivity index (χ1v) is 8.83. The van der Waals surface area contributed by atoms with Gasteiger partial charge in [0.15, 0.2) is 0 Å². The summed E-state index contributed by atoms with van der Waals surface area (Å²) in [4.78, 5) is 10.8. The van der Waals surface area contributed by atoms with E-state index in [1.807, 2.05) is 0 Å². The highest BCUT2D eigenvalue weighted by atomic mass is 32.2. The average molecular weight is 311 g/mol. The standard InChI is InChI=1S/C9H13NO5S3/c1-6(11)8-5-7(10(12)13)9(17-8)16-3-4-18(2,14)15/h5-6,11H,3-4H2,1-2H3. The molecule has 0 spiro atoms. The van der Waals surface area contributed by atoms with Crippen LogP contribution in [0.2, 0.25) is 0 Å². The molecule has 0 amide bonds. The number of thiophene rings is 1. The molecule has 1 atom stereocenters. The SMILES string of the molecule is CC(O)c1cc([N+](=O)[O-])c(SCCS(C)(=O)=O)s1. The third-order valence-corrected chi connectivity index (χ3v) is 5.77. The maximum Gasteiger partial charge on any atom is 0.294 e. The van der Waals surface area contributed by atoms with Crippen molar-refractivity contribution < 1.29 is 18.4 Å². The normalized spacial score (nSPS) is 13.5. The van der Waals surface area contributed by atoms with E-state index < -0.39 is 20.9 Å². The molecule has 0 aliphatic rings. The van der Waals surface area contributed by atoms with Crippen molar-refractivity contribution in [1.29, 1.82) is 0 Å². The van der Waals surface area contributed by atoms with Crippen LogP contribution >= 0.6 is 23.1 Å². The molecule has 18 heavy (non-hydrogen) atoms. The average Bonchev–Trinajstić information content (AvgIpc) is 2.59. The number of sulfone groups is 1. The van der Waals surface area contributed by atoms with Gasteiger partial charge in [0.2, 0.25) is 0 Å². The van der Waals surface area contributed by atoms with Gasteiger partial charge in [-0.1, -0.05) is 0 Å². The van der Waals surface area contributed by atoms with Crippen molar-refractivity contribution in [1.82, 2.24) is 0 Å². The topological polar surface area (TPSA) is 97.5 Å². The molecule has 1 unspecified atom stereocenters. The molecule has 0 aliphatic carbocycles. The Kier molecular flexibility index (Phi) is 5.14. The van der Waals surface area contributed by atoms with Crippen molar-refractivity contribution in [3.63, 3.8) is 0 Å². The molecule has 0 aliphatic heterocycles. The first-order chi connectivity index (χ1) is 8.20. The summed E-state index contributed by atoms with van der Waals surface area (Å²) < 4.78 is 22.4. The second-order valence-electron chi connectivity index (χ2n) is 3.73. The highest BCUT2D eigenvalue weighted by molar-refractivity contribution is 8.02. The van der Waals surface area contributed by atoms with Crippen LogP contribution in [0, 0.1) is 10.1 Å². The maximum absolute atomic E-state index is 11.0. The Hall–Kier alpha value is -0.640. The van der Waals surface area contributed by atoms with Gasteiger partial charge in [-0.3, -0.25) is 10.1 Å². The predicted octanol–water partition coefficient (Wildman–Crippen LogP) is 1.85. The van der Waals surface area contributed by atoms with E-state index in [0.29, 0.717) is 9.09 Å². The van der Waals surface area contributed by atoms with E-state index in [4.69, 9.17) is 0 Å². The zero-order valence-corrected chi connectivity index (χ0v) is 12.3. The third kappa shape index (κ3) is 4.56. The van der Waals surface area contributed by atoms with Crippen molar-refractivity contribution in [3.05, 3.63) is 21.1 Å². The Morgan fingerprint density at radius 2 is 2.22 bits per heavy atom. The highest BCUT2D eigenvalue weighted by Crippen LogP contribution is 2.39. The van der Waals surface area contributed by atoms with E-state index in [0.717, 1.165) is 29.4 Å². The number of hydrogen-bond acceptors (Lipinski definition) is 7. The number of nitrogens with zero attached hydrogens (tertiary/aromatic N) is 1. The quantitative estimate of drug-likeness (QED) is 0.489. The molecule has 0 saturated heterocycles. The minimum Gasteiger partial charge on any atom is -0.388 e. The number of thioether (sulfide) groups is 1. The molecule has 1 heterocycles. The smallest absolute Gasteiger partial charge is 0.294 e. The number of nitro groups is 1. The molecule has 6 nitrogen and oxygen atoms in total. The van der Waals surface area contributed by atoms with Crippen LogP contribution in [0.25, 0.3) is 0 Å². The fraction of sp³-hybridized carbons (Fsp3) is 0.556. The molecule has 0 bridgehead atoms. The summed E-state index contributed by atoms with van der Waals surface area (Å²) in [6, 6.07) is 1.33. The van der Waals surface area contributed by atoms with Gasteiger partial charge in [0.25, 0.3) is 5.69 Å². The summed E-state index contributed by atoms with van der Waals surface area (Å²) in [5.74, 6) is 0.232. The van der Waals surface area contributed by atoms with Crippen LogP contribution in [0.5, 0.6) is 0 Å². The van der Waals surface area contributed by atoms with Crippen molar-refractivity contribution in [2.45, 2.75) is 17.2 Å². The minimum absolute atomic E-state index is 0.0310. The number of aliphatic hydroxyl groups excluding tert-OH is 1. The Labute approximate surface area is 113 Å². The maximum atomic E-state index is 11.0. The van der Waals surface area contributed by atoms with Gasteiger partial charge < -0.3 is 5.11 Å². The third-order valence-electron chi connectivity index (χ3n) is 1.99. The van der Waals surface area contributed by atoms with Gasteiger partial charge in [-0.05, 0) is 6.92 Å². The van der Waals surface area contributed by atoms with Crippen molar-refractivity contribution in [2.75, 3.05) is 17.8 Å². The highest BCUT2D eigenvalue weighted by Gasteiger charge is 2.21. The largest absolute Gasteiger partial charge is 0.388 e. The van der Waals surface area contributed by atoms with Gasteiger partial charge in [0.05, 0.1) is 16.8 Å². The molecule has 0 radical (unpaired) electrons. The number of hydrogen-bond donors (Lipinski definition) is 1. The van der Waals surface area contributed by atoms with Crippen molar-refractivity contribution in [2.24, 2.45) is 0 Å². The Bertz CT molecular complexity index is 534. The lowest BCUT2D eigenvalue weighted by Gasteiger charge is -1.98. The van der Waals surface area contributed by atoms with Crippen molar-refractivity contribution in [3.8, 4) is 0 Å². The fourth-order valence-electron chi connectivity index (χ4n) is 1.10. The summed E-state index contributed by atoms with van der Waals surface area (Å²) in [7, 11) is -3.07. The van der Waals surface area contributed by atoms with Gasteiger partial charge in [0.1, 0.15) is 14.0 Å². The molecule has 0 fully saturated rings. The Morgan fingerprint density at radius 1 is 1.61 bits per heavy atom. The minimum atomic E-state index is -3.07. The van der Waals surface area contributed by atoms with E-state index in [9.17, 15) is 23.6 Å². The lowest BCUT2D eigenvalue weighted by molar-refractivity contribution is -0.387. The monoisotopic (exact) mass is 311 g/mol. The molecule has 0 aromatic carbocycles. The molecule has 1 rings (SSSR count). The van der Waals surface area contributed by atoms with Gasteiger partial charge in [-0.25, -0.2) is 8.42 Å². The van der Waals surface area contributed by atoms with Crippen LogP contribution in [-0.2, 0) is 9.84 Å². The molecular weight excluding hydrogens is 298 g/mol. The van der Waals surface area contributed by atoms with E-state index >= 15 is 0 Å². The van der Waals surface area contributed by atoms with E-state index in [-0.39, 0.29) is 17.2 Å². The zero-order valence-electron chi connectivity index (χ0n) is 9.82. The molecule has 1 aromatic heterocycles. The molecular formula is C9H13NO5S3. The second-order valence-corrected chi connectivity index (χ2v) is 8.44. The van der Waals surface area contributed by atoms with E-state index in [1.165, 1.54) is 13.0 Å². The zero-order chi connectivity index (χ0) is 13.9. The predicted molar refractivity (Wildman–Crippen MR) is 72.0 cm³/mol. The molecule has 1 aromatic rings. The van der Waals surface area contributed by atoms with Crippen LogP contribution in [0.15, 0.2) is 10.3 Å². The number of rotatable bonds is 6. The van der Waals surface area contributed by atoms with Crippen LogP contribution in [0.3, 0.4) is 0 Å². The Morgan fingerprint density at radius 3 is 2.67 bits per heavy atom. The molecule has 0 saturated carbocycles. The first kappa shape index (κ1) is 15.4. The van der Waals surface area contributed by atoms with Crippen LogP contribution in [0.1, 0.15) is 17.9 Å². The summed E-state index contributed by atoms with van der Waals surface area (Å²) in [5.41, 5.74) is -0.0746. The first-order valence-electron chi connectivity index (χ1n) is 4.97. The van der Waals surface area contributed by atoms with Gasteiger partial charge >= 0.3 is 0 Å². The Balaban J connectivity index is 2.83. The van der Waals surface area contributed by atoms with Crippen LogP contribution in [0.4, 0.5) is 5.69 Å². The summed E-state index contributed by atoms with van der Waals surface area (Å²) in [5, 5.41) is 20.2. The molecule has 9 heteroatoms. The molecule has 102 valence electrons. The second kappa shape index (κ2) is 6.00. The lowest BCUT2D eigenvalue weighted by atomic mass is 10.3. The van der Waals surface area contributed by atoms with E-state index in [2.05, 4.69) is 0 Å². The lowest BCUT2D eigenvalue weighted by Crippen LogP contribution is -2.04. The summed E-state index contributed by atoms with van der Waals surface area (Å²) >= 11 is 2.25. The van der Waals surface area contributed by atoms with Gasteiger partial charge in [-0.2, -0.15) is 0 Å². The van der Waals surface area contributed by atoms with Gasteiger partial charge in [0, 0.05) is 23.0 Å². The van der Waals surface area contributed by atoms with Crippen molar-refractivity contribution >= 4 is 38.6 Å². The van der Waals surface area contributed by atoms with Crippen LogP contribution in [-0.4, -0.2) is 36.2 Å². The van der Waals surface area contributed by atoms with Gasteiger partial charge in [-0.15, -0.1) is 23.1 Å².